The summed E-state index contributed by atoms with van der Waals surface area (Å²) in [5.41, 5.74) is 2.20. The van der Waals surface area contributed by atoms with Crippen LogP contribution in [0.4, 0.5) is 5.13 Å². The highest BCUT2D eigenvalue weighted by Gasteiger charge is 2.30. The van der Waals surface area contributed by atoms with Crippen molar-refractivity contribution in [3.63, 3.8) is 0 Å². The van der Waals surface area contributed by atoms with Gasteiger partial charge in [-0.25, -0.2) is 4.98 Å². The molecule has 1 aromatic heterocycles. The SMILES string of the molecule is Cc1csc(NC(=O)C2CCCN2Cc2ccccc2)n1. The number of benzene rings is 1. The maximum Gasteiger partial charge on any atom is 0.243 e. The molecular weight excluding hydrogens is 282 g/mol. The predicted octanol–water partition coefficient (Wildman–Crippen LogP) is 3.05. The average Bonchev–Trinajstić information content (AvgIpc) is 3.09. The zero-order chi connectivity index (χ0) is 14.7. The first-order valence-corrected chi connectivity index (χ1v) is 8.11. The van der Waals surface area contributed by atoms with Crippen molar-refractivity contribution >= 4 is 22.4 Å². The van der Waals surface area contributed by atoms with Gasteiger partial charge >= 0.3 is 0 Å². The van der Waals surface area contributed by atoms with Gasteiger partial charge in [-0.15, -0.1) is 11.3 Å². The number of carbonyl (C=O) groups excluding carboxylic acids is 1. The lowest BCUT2D eigenvalue weighted by molar-refractivity contribution is -0.120. The van der Waals surface area contributed by atoms with Crippen LogP contribution >= 0.6 is 11.3 Å². The molecule has 0 radical (unpaired) electrons. The second kappa shape index (κ2) is 6.37. The lowest BCUT2D eigenvalue weighted by Gasteiger charge is -2.23. The summed E-state index contributed by atoms with van der Waals surface area (Å²) in [5.74, 6) is 0.0674. The zero-order valence-corrected chi connectivity index (χ0v) is 12.9. The van der Waals surface area contributed by atoms with Crippen molar-refractivity contribution in [2.75, 3.05) is 11.9 Å². The molecule has 0 saturated carbocycles. The molecule has 1 unspecified atom stereocenters. The third kappa shape index (κ3) is 3.49. The van der Waals surface area contributed by atoms with E-state index in [2.05, 4.69) is 27.3 Å². The minimum absolute atomic E-state index is 0.0468. The van der Waals surface area contributed by atoms with E-state index in [1.165, 1.54) is 16.9 Å². The van der Waals surface area contributed by atoms with E-state index < -0.39 is 0 Å². The largest absolute Gasteiger partial charge is 0.301 e. The molecule has 2 aromatic rings. The van der Waals surface area contributed by atoms with Crippen molar-refractivity contribution in [1.29, 1.82) is 0 Å². The molecule has 0 bridgehead atoms. The van der Waals surface area contributed by atoms with Crippen molar-refractivity contribution in [2.45, 2.75) is 32.4 Å². The van der Waals surface area contributed by atoms with Crippen molar-refractivity contribution in [2.24, 2.45) is 0 Å². The van der Waals surface area contributed by atoms with Gasteiger partial charge in [0.05, 0.1) is 11.7 Å². The van der Waals surface area contributed by atoms with Gasteiger partial charge in [-0.05, 0) is 31.9 Å². The Bertz CT molecular complexity index is 611. The van der Waals surface area contributed by atoms with Crippen molar-refractivity contribution < 1.29 is 4.79 Å². The van der Waals surface area contributed by atoms with Gasteiger partial charge in [-0.1, -0.05) is 30.3 Å². The van der Waals surface area contributed by atoms with Crippen LogP contribution < -0.4 is 5.32 Å². The van der Waals surface area contributed by atoms with Crippen LogP contribution in [0.5, 0.6) is 0 Å². The lowest BCUT2D eigenvalue weighted by atomic mass is 10.1. The van der Waals surface area contributed by atoms with Crippen molar-refractivity contribution in [3.8, 4) is 0 Å². The molecule has 1 amide bonds. The molecule has 1 aromatic carbocycles. The monoisotopic (exact) mass is 301 g/mol. The molecule has 1 N–H and O–H groups in total. The Morgan fingerprint density at radius 3 is 2.95 bits per heavy atom. The number of aryl methyl sites for hydroxylation is 1. The first-order chi connectivity index (χ1) is 10.2. The summed E-state index contributed by atoms with van der Waals surface area (Å²) in [6, 6.07) is 10.3. The molecule has 0 spiro atoms. The van der Waals surface area contributed by atoms with Gasteiger partial charge in [0, 0.05) is 11.9 Å². The van der Waals surface area contributed by atoms with Gasteiger partial charge in [0.15, 0.2) is 5.13 Å². The highest BCUT2D eigenvalue weighted by Crippen LogP contribution is 2.22. The standard InChI is InChI=1S/C16H19N3OS/c1-12-11-21-16(17-12)18-15(20)14-8-5-9-19(14)10-13-6-3-2-4-7-13/h2-4,6-7,11,14H,5,8-10H2,1H3,(H,17,18,20). The predicted molar refractivity (Wildman–Crippen MR) is 85.4 cm³/mol. The van der Waals surface area contributed by atoms with Crippen LogP contribution in [0.25, 0.3) is 0 Å². The van der Waals surface area contributed by atoms with Gasteiger partial charge in [0.2, 0.25) is 5.91 Å². The molecule has 1 saturated heterocycles. The average molecular weight is 301 g/mol. The van der Waals surface area contributed by atoms with E-state index in [9.17, 15) is 4.79 Å². The molecule has 4 nitrogen and oxygen atoms in total. The van der Waals surface area contributed by atoms with E-state index in [4.69, 9.17) is 0 Å². The molecule has 5 heteroatoms. The normalized spacial score (nSPS) is 18.8. The Balaban J connectivity index is 1.64. The fraction of sp³-hybridized carbons (Fsp3) is 0.375. The second-order valence-corrected chi connectivity index (χ2v) is 6.26. The third-order valence-electron chi connectivity index (χ3n) is 3.74. The van der Waals surface area contributed by atoms with Crippen LogP contribution in [0, 0.1) is 6.92 Å². The van der Waals surface area contributed by atoms with Gasteiger partial charge in [-0.3, -0.25) is 9.69 Å². The number of carbonyl (C=O) groups is 1. The lowest BCUT2D eigenvalue weighted by Crippen LogP contribution is -2.39. The number of hydrogen-bond donors (Lipinski definition) is 1. The summed E-state index contributed by atoms with van der Waals surface area (Å²) in [4.78, 5) is 19.0. The van der Waals surface area contributed by atoms with Crippen LogP contribution in [-0.4, -0.2) is 28.4 Å². The number of aromatic nitrogens is 1. The topological polar surface area (TPSA) is 45.2 Å². The third-order valence-corrected chi connectivity index (χ3v) is 4.62. The number of thiazole rings is 1. The first-order valence-electron chi connectivity index (χ1n) is 7.23. The number of rotatable bonds is 4. The summed E-state index contributed by atoms with van der Waals surface area (Å²) in [5, 5.41) is 5.60. The molecule has 0 aliphatic carbocycles. The van der Waals surface area contributed by atoms with E-state index >= 15 is 0 Å². The minimum Gasteiger partial charge on any atom is -0.301 e. The maximum atomic E-state index is 12.4. The number of hydrogen-bond acceptors (Lipinski definition) is 4. The molecule has 1 aliphatic rings. The quantitative estimate of drug-likeness (QED) is 0.944. The number of nitrogens with one attached hydrogen (secondary N) is 1. The second-order valence-electron chi connectivity index (χ2n) is 5.40. The fourth-order valence-corrected chi connectivity index (χ4v) is 3.42. The molecule has 1 fully saturated rings. The van der Waals surface area contributed by atoms with Crippen molar-refractivity contribution in [3.05, 3.63) is 47.0 Å². The number of anilines is 1. The Morgan fingerprint density at radius 2 is 2.24 bits per heavy atom. The molecule has 110 valence electrons. The molecule has 3 rings (SSSR count). The molecule has 1 atom stereocenters. The first kappa shape index (κ1) is 14.2. The van der Waals surface area contributed by atoms with Crippen LogP contribution in [0.15, 0.2) is 35.7 Å². The maximum absolute atomic E-state index is 12.4. The summed E-state index contributed by atoms with van der Waals surface area (Å²) in [6.07, 6.45) is 1.99. The van der Waals surface area contributed by atoms with E-state index in [0.29, 0.717) is 5.13 Å². The van der Waals surface area contributed by atoms with E-state index in [1.54, 1.807) is 0 Å². The molecule has 2 heterocycles. The molecule has 1 aliphatic heterocycles. The summed E-state index contributed by atoms with van der Waals surface area (Å²) >= 11 is 1.48. The van der Waals surface area contributed by atoms with Gasteiger partial charge in [0.25, 0.3) is 0 Å². The van der Waals surface area contributed by atoms with Gasteiger partial charge in [-0.2, -0.15) is 0 Å². The summed E-state index contributed by atoms with van der Waals surface area (Å²) in [6.45, 7) is 3.74. The molecule has 21 heavy (non-hydrogen) atoms. The van der Waals surface area contributed by atoms with Crippen LogP contribution in [0.3, 0.4) is 0 Å². The summed E-state index contributed by atoms with van der Waals surface area (Å²) in [7, 11) is 0. The highest BCUT2D eigenvalue weighted by atomic mass is 32.1. The highest BCUT2D eigenvalue weighted by molar-refractivity contribution is 7.13. The number of nitrogens with zero attached hydrogens (tertiary/aromatic N) is 2. The van der Waals surface area contributed by atoms with Crippen LogP contribution in [0.2, 0.25) is 0 Å². The fourth-order valence-electron chi connectivity index (χ4n) is 2.73. The summed E-state index contributed by atoms with van der Waals surface area (Å²) < 4.78 is 0. The number of likely N-dealkylation sites (tertiary alicyclic amines) is 1. The van der Waals surface area contributed by atoms with Crippen LogP contribution in [-0.2, 0) is 11.3 Å². The Labute approximate surface area is 128 Å². The minimum atomic E-state index is -0.0468. The Kier molecular flexibility index (Phi) is 4.31. The number of amides is 1. The van der Waals surface area contributed by atoms with Crippen LogP contribution in [0.1, 0.15) is 24.1 Å². The van der Waals surface area contributed by atoms with E-state index in [1.807, 2.05) is 30.5 Å². The molecular formula is C16H19N3OS. The van der Waals surface area contributed by atoms with Crippen molar-refractivity contribution in [1.82, 2.24) is 9.88 Å². The van der Waals surface area contributed by atoms with E-state index in [0.717, 1.165) is 31.6 Å². The zero-order valence-electron chi connectivity index (χ0n) is 12.1. The van der Waals surface area contributed by atoms with Gasteiger partial charge < -0.3 is 5.32 Å². The van der Waals surface area contributed by atoms with E-state index in [-0.39, 0.29) is 11.9 Å². The Hall–Kier alpha value is -1.72. The smallest absolute Gasteiger partial charge is 0.243 e. The van der Waals surface area contributed by atoms with Gasteiger partial charge in [0.1, 0.15) is 0 Å². The Morgan fingerprint density at radius 1 is 1.43 bits per heavy atom.